The quantitative estimate of drug-likeness (QED) is 0.624. The van der Waals surface area contributed by atoms with Gasteiger partial charge in [0, 0.05) is 6.20 Å². The number of hydrogen-bond acceptors (Lipinski definition) is 7. The van der Waals surface area contributed by atoms with Gasteiger partial charge in [0.1, 0.15) is 5.03 Å². The van der Waals surface area contributed by atoms with E-state index in [2.05, 4.69) is 15.0 Å². The molecule has 0 unspecified atom stereocenters. The summed E-state index contributed by atoms with van der Waals surface area (Å²) in [5, 5.41) is 3.04. The van der Waals surface area contributed by atoms with Crippen LogP contribution >= 0.6 is 11.8 Å². The lowest BCUT2D eigenvalue weighted by Crippen LogP contribution is -2.22. The van der Waals surface area contributed by atoms with Gasteiger partial charge in [0.05, 0.1) is 23.9 Å². The number of methoxy groups -OCH3 is 1. The molecule has 8 heteroatoms. The van der Waals surface area contributed by atoms with Crippen molar-refractivity contribution in [3.05, 3.63) is 53.7 Å². The number of pyridine rings is 1. The van der Waals surface area contributed by atoms with Gasteiger partial charge in [0.25, 0.3) is 5.91 Å². The van der Waals surface area contributed by atoms with Gasteiger partial charge in [-0.15, -0.1) is 11.8 Å². The highest BCUT2D eigenvalue weighted by Crippen LogP contribution is 2.18. The first-order valence-corrected chi connectivity index (χ1v) is 8.42. The number of amides is 1. The molecule has 1 aromatic carbocycles. The lowest BCUT2D eigenvalue weighted by molar-refractivity contribution is -0.119. The van der Waals surface area contributed by atoms with Gasteiger partial charge in [-0.1, -0.05) is 12.1 Å². The SMILES string of the molecule is COC(=O)c1ccccc1NC(=O)COC(=O)c1cccnc1SC. The first-order valence-electron chi connectivity index (χ1n) is 7.20. The van der Waals surface area contributed by atoms with Crippen LogP contribution in [0.2, 0.25) is 0 Å². The van der Waals surface area contributed by atoms with Crippen molar-refractivity contribution in [2.45, 2.75) is 5.03 Å². The molecule has 0 bridgehead atoms. The summed E-state index contributed by atoms with van der Waals surface area (Å²) in [6, 6.07) is 9.57. The van der Waals surface area contributed by atoms with Crippen LogP contribution in [-0.4, -0.2) is 42.8 Å². The molecular weight excluding hydrogens is 344 g/mol. The summed E-state index contributed by atoms with van der Waals surface area (Å²) in [5.41, 5.74) is 0.779. The predicted octanol–water partition coefficient (Wildman–Crippen LogP) is 2.39. The van der Waals surface area contributed by atoms with Gasteiger partial charge in [-0.25, -0.2) is 14.6 Å². The van der Waals surface area contributed by atoms with Crippen molar-refractivity contribution in [2.75, 3.05) is 25.3 Å². The van der Waals surface area contributed by atoms with Crippen LogP contribution in [0, 0.1) is 0 Å². The smallest absolute Gasteiger partial charge is 0.341 e. The van der Waals surface area contributed by atoms with Crippen LogP contribution < -0.4 is 5.32 Å². The Balaban J connectivity index is 2.00. The van der Waals surface area contributed by atoms with Crippen LogP contribution in [0.4, 0.5) is 5.69 Å². The molecule has 2 aromatic rings. The number of carbonyl (C=O) groups excluding carboxylic acids is 3. The summed E-state index contributed by atoms with van der Waals surface area (Å²) in [6.07, 6.45) is 3.36. The Hall–Kier alpha value is -2.87. The van der Waals surface area contributed by atoms with Crippen molar-refractivity contribution in [3.63, 3.8) is 0 Å². The summed E-state index contributed by atoms with van der Waals surface area (Å²) in [4.78, 5) is 39.8. The third-order valence-corrected chi connectivity index (χ3v) is 3.84. The summed E-state index contributed by atoms with van der Waals surface area (Å²) >= 11 is 1.30. The van der Waals surface area contributed by atoms with E-state index in [1.165, 1.54) is 24.9 Å². The van der Waals surface area contributed by atoms with Crippen LogP contribution in [0.25, 0.3) is 0 Å². The Morgan fingerprint density at radius 1 is 1.08 bits per heavy atom. The molecule has 0 atom stereocenters. The van der Waals surface area contributed by atoms with Crippen molar-refractivity contribution < 1.29 is 23.9 Å². The normalized spacial score (nSPS) is 10.0. The van der Waals surface area contributed by atoms with Crippen molar-refractivity contribution >= 4 is 35.3 Å². The molecule has 7 nitrogen and oxygen atoms in total. The standard InChI is InChI=1S/C17H16N2O5S/c1-23-16(21)11-6-3-4-8-13(11)19-14(20)10-24-17(22)12-7-5-9-18-15(12)25-2/h3-9H,10H2,1-2H3,(H,19,20). The van der Waals surface area contributed by atoms with E-state index in [0.717, 1.165) is 0 Å². The van der Waals surface area contributed by atoms with E-state index in [-0.39, 0.29) is 16.8 Å². The molecule has 0 radical (unpaired) electrons. The average molecular weight is 360 g/mol. The van der Waals surface area contributed by atoms with Gasteiger partial charge in [-0.05, 0) is 30.5 Å². The second-order valence-corrected chi connectivity index (χ2v) is 5.52. The van der Waals surface area contributed by atoms with Crippen molar-refractivity contribution in [1.29, 1.82) is 0 Å². The maximum absolute atomic E-state index is 12.1. The second kappa shape index (κ2) is 8.84. The van der Waals surface area contributed by atoms with Crippen molar-refractivity contribution in [2.24, 2.45) is 0 Å². The maximum Gasteiger partial charge on any atom is 0.341 e. The first-order chi connectivity index (χ1) is 12.1. The van der Waals surface area contributed by atoms with Crippen LogP contribution in [0.1, 0.15) is 20.7 Å². The van der Waals surface area contributed by atoms with Crippen LogP contribution in [0.15, 0.2) is 47.6 Å². The number of para-hydroxylation sites is 1. The Bertz CT molecular complexity index is 794. The van der Waals surface area contributed by atoms with E-state index in [4.69, 9.17) is 4.74 Å². The van der Waals surface area contributed by atoms with Crippen LogP contribution in [0.3, 0.4) is 0 Å². The zero-order chi connectivity index (χ0) is 18.2. The van der Waals surface area contributed by atoms with E-state index in [0.29, 0.717) is 5.03 Å². The highest BCUT2D eigenvalue weighted by atomic mass is 32.2. The molecule has 0 aliphatic rings. The average Bonchev–Trinajstić information content (AvgIpc) is 2.65. The molecule has 1 heterocycles. The number of hydrogen-bond donors (Lipinski definition) is 1. The highest BCUT2D eigenvalue weighted by molar-refractivity contribution is 7.98. The molecule has 2 rings (SSSR count). The van der Waals surface area contributed by atoms with Gasteiger partial charge >= 0.3 is 11.9 Å². The van der Waals surface area contributed by atoms with Crippen molar-refractivity contribution in [3.8, 4) is 0 Å². The minimum Gasteiger partial charge on any atom is -0.465 e. The summed E-state index contributed by atoms with van der Waals surface area (Å²) in [5.74, 6) is -1.79. The lowest BCUT2D eigenvalue weighted by Gasteiger charge is -2.10. The number of thioether (sulfide) groups is 1. The number of carbonyl (C=O) groups is 3. The summed E-state index contributed by atoms with van der Waals surface area (Å²) < 4.78 is 9.67. The largest absolute Gasteiger partial charge is 0.465 e. The molecule has 0 saturated carbocycles. The predicted molar refractivity (Wildman–Crippen MR) is 92.7 cm³/mol. The number of benzene rings is 1. The molecule has 1 aromatic heterocycles. The lowest BCUT2D eigenvalue weighted by atomic mass is 10.2. The second-order valence-electron chi connectivity index (χ2n) is 4.72. The summed E-state index contributed by atoms with van der Waals surface area (Å²) in [6.45, 7) is -0.489. The minimum absolute atomic E-state index is 0.210. The fraction of sp³-hybridized carbons (Fsp3) is 0.176. The molecular formula is C17H16N2O5S. The monoisotopic (exact) mass is 360 g/mol. The van der Waals surface area contributed by atoms with E-state index in [9.17, 15) is 14.4 Å². The Morgan fingerprint density at radius 3 is 2.52 bits per heavy atom. The number of nitrogens with one attached hydrogen (secondary N) is 1. The summed E-state index contributed by atoms with van der Waals surface area (Å²) in [7, 11) is 1.25. The number of ether oxygens (including phenoxy) is 2. The minimum atomic E-state index is -0.645. The van der Waals surface area contributed by atoms with Gasteiger partial charge in [-0.2, -0.15) is 0 Å². The van der Waals surface area contributed by atoms with Gasteiger partial charge in [0.15, 0.2) is 6.61 Å². The molecule has 1 N–H and O–H groups in total. The number of aromatic nitrogens is 1. The fourth-order valence-corrected chi connectivity index (χ4v) is 2.52. The van der Waals surface area contributed by atoms with Gasteiger partial charge < -0.3 is 14.8 Å². The van der Waals surface area contributed by atoms with Crippen molar-refractivity contribution in [1.82, 2.24) is 4.98 Å². The van der Waals surface area contributed by atoms with Gasteiger partial charge in [0.2, 0.25) is 0 Å². The number of nitrogens with zero attached hydrogens (tertiary/aromatic N) is 1. The fourth-order valence-electron chi connectivity index (χ4n) is 1.98. The topological polar surface area (TPSA) is 94.6 Å². The maximum atomic E-state index is 12.1. The molecule has 0 aliphatic heterocycles. The third kappa shape index (κ3) is 4.80. The number of esters is 2. The van der Waals surface area contributed by atoms with E-state index >= 15 is 0 Å². The molecule has 25 heavy (non-hydrogen) atoms. The zero-order valence-corrected chi connectivity index (χ0v) is 14.5. The number of rotatable bonds is 6. The van der Waals surface area contributed by atoms with Crippen LogP contribution in [0.5, 0.6) is 0 Å². The Morgan fingerprint density at radius 2 is 1.80 bits per heavy atom. The molecule has 0 saturated heterocycles. The van der Waals surface area contributed by atoms with E-state index in [1.807, 2.05) is 0 Å². The zero-order valence-electron chi connectivity index (χ0n) is 13.6. The van der Waals surface area contributed by atoms with E-state index < -0.39 is 24.5 Å². The Labute approximate surface area is 148 Å². The van der Waals surface area contributed by atoms with Gasteiger partial charge in [-0.3, -0.25) is 4.79 Å². The molecule has 0 fully saturated rings. The molecule has 130 valence electrons. The highest BCUT2D eigenvalue weighted by Gasteiger charge is 2.17. The molecule has 0 spiro atoms. The molecule has 0 aliphatic carbocycles. The van der Waals surface area contributed by atoms with E-state index in [1.54, 1.807) is 42.8 Å². The third-order valence-electron chi connectivity index (χ3n) is 3.13. The number of anilines is 1. The molecule has 1 amide bonds. The first kappa shape index (κ1) is 18.5. The van der Waals surface area contributed by atoms with Crippen LogP contribution in [-0.2, 0) is 14.3 Å². The Kier molecular flexibility index (Phi) is 6.53.